The Hall–Kier alpha value is -2.04. The van der Waals surface area contributed by atoms with Crippen LogP contribution in [0.5, 0.6) is 5.75 Å². The molecule has 2 aromatic rings. The largest absolute Gasteiger partial charge is 0.456 e. The van der Waals surface area contributed by atoms with Gasteiger partial charge in [0.1, 0.15) is 5.75 Å². The van der Waals surface area contributed by atoms with Gasteiger partial charge in [-0.3, -0.25) is 0 Å². The normalized spacial score (nSPS) is 12.8. The molecule has 0 bridgehead atoms. The van der Waals surface area contributed by atoms with Gasteiger partial charge >= 0.3 is 0 Å². The molecule has 4 N–H and O–H groups in total. The van der Waals surface area contributed by atoms with Gasteiger partial charge in [-0.1, -0.05) is 49.4 Å². The Morgan fingerprint density at radius 3 is 2.10 bits per heavy atom. The number of para-hydroxylation sites is 2. The third-order valence-corrected chi connectivity index (χ3v) is 2.90. The molecular weight excluding hydrogens is 264 g/mol. The molecule has 0 saturated heterocycles. The number of aliphatic hydroxyl groups is 1. The number of benzene rings is 2. The quantitative estimate of drug-likeness (QED) is 0.598. The highest BCUT2D eigenvalue weighted by Gasteiger charge is 2.29. The van der Waals surface area contributed by atoms with Crippen LogP contribution in [0.15, 0.2) is 54.6 Å². The lowest BCUT2D eigenvalue weighted by Crippen LogP contribution is -2.32. The number of ether oxygens (including phenoxy) is 1. The third-order valence-electron chi connectivity index (χ3n) is 2.90. The number of hydrogen-bond acceptors (Lipinski definition) is 4. The fraction of sp³-hybridized carbons (Fsp3) is 0.294. The van der Waals surface area contributed by atoms with Crippen LogP contribution in [0, 0.1) is 0 Å². The van der Waals surface area contributed by atoms with Crippen LogP contribution in [-0.4, -0.2) is 19.2 Å². The minimum Gasteiger partial charge on any atom is -0.456 e. The Kier molecular flexibility index (Phi) is 6.72. The summed E-state index contributed by atoms with van der Waals surface area (Å²) in [4.78, 5) is 0. The van der Waals surface area contributed by atoms with Crippen LogP contribution in [0.25, 0.3) is 0 Å². The third kappa shape index (κ3) is 4.77. The van der Waals surface area contributed by atoms with Gasteiger partial charge in [0, 0.05) is 12.0 Å². The van der Waals surface area contributed by atoms with Gasteiger partial charge in [-0.25, -0.2) is 0 Å². The number of rotatable bonds is 4. The van der Waals surface area contributed by atoms with Gasteiger partial charge in [0.05, 0.1) is 5.69 Å². The lowest BCUT2D eigenvalue weighted by molar-refractivity contribution is -0.147. The van der Waals surface area contributed by atoms with Crippen molar-refractivity contribution in [1.29, 1.82) is 0 Å². The van der Waals surface area contributed by atoms with Crippen molar-refractivity contribution >= 4 is 5.69 Å². The van der Waals surface area contributed by atoms with Crippen molar-refractivity contribution in [3.63, 3.8) is 0 Å². The first-order chi connectivity index (χ1) is 10.1. The summed E-state index contributed by atoms with van der Waals surface area (Å²) in [6.45, 7) is 1.87. The molecule has 0 saturated carbocycles. The number of nitrogens with two attached hydrogens (primary N) is 1. The maximum atomic E-state index is 10.6. The molecule has 114 valence electrons. The summed E-state index contributed by atoms with van der Waals surface area (Å²) >= 11 is 0. The zero-order valence-electron chi connectivity index (χ0n) is 12.8. The minimum absolute atomic E-state index is 0.436. The van der Waals surface area contributed by atoms with Crippen LogP contribution in [0.3, 0.4) is 0 Å². The number of anilines is 1. The SMILES string of the molecule is CCC(O)(Oc1ccccc1N)c1ccccc1.CNC. The van der Waals surface area contributed by atoms with Crippen LogP contribution < -0.4 is 15.8 Å². The van der Waals surface area contributed by atoms with E-state index in [9.17, 15) is 5.11 Å². The number of nitrogen functional groups attached to an aromatic ring is 1. The van der Waals surface area contributed by atoms with E-state index in [0.717, 1.165) is 5.56 Å². The molecule has 1 unspecified atom stereocenters. The molecule has 2 rings (SSSR count). The molecule has 2 aromatic carbocycles. The van der Waals surface area contributed by atoms with Crippen molar-refractivity contribution in [1.82, 2.24) is 5.32 Å². The molecule has 0 spiro atoms. The summed E-state index contributed by atoms with van der Waals surface area (Å²) in [5.41, 5.74) is 7.06. The van der Waals surface area contributed by atoms with Crippen molar-refractivity contribution in [3.8, 4) is 5.75 Å². The van der Waals surface area contributed by atoms with Crippen molar-refractivity contribution in [2.75, 3.05) is 19.8 Å². The Morgan fingerprint density at radius 1 is 1.05 bits per heavy atom. The Bertz CT molecular complexity index is 531. The average molecular weight is 288 g/mol. The molecule has 0 radical (unpaired) electrons. The Balaban J connectivity index is 0.000000677. The van der Waals surface area contributed by atoms with E-state index in [1.54, 1.807) is 12.1 Å². The first kappa shape index (κ1) is 17.0. The van der Waals surface area contributed by atoms with Crippen molar-refractivity contribution in [2.24, 2.45) is 0 Å². The topological polar surface area (TPSA) is 67.5 Å². The molecule has 0 amide bonds. The molecule has 21 heavy (non-hydrogen) atoms. The Morgan fingerprint density at radius 2 is 1.57 bits per heavy atom. The molecule has 0 fully saturated rings. The van der Waals surface area contributed by atoms with Gasteiger partial charge in [0.2, 0.25) is 5.79 Å². The van der Waals surface area contributed by atoms with E-state index in [2.05, 4.69) is 5.32 Å². The second kappa shape index (κ2) is 8.29. The first-order valence-corrected chi connectivity index (χ1v) is 6.97. The lowest BCUT2D eigenvalue weighted by Gasteiger charge is -2.28. The second-order valence-corrected chi connectivity index (χ2v) is 4.64. The summed E-state index contributed by atoms with van der Waals surface area (Å²) < 4.78 is 5.70. The highest BCUT2D eigenvalue weighted by atomic mass is 16.6. The summed E-state index contributed by atoms with van der Waals surface area (Å²) in [7, 11) is 3.75. The Labute approximate surface area is 126 Å². The first-order valence-electron chi connectivity index (χ1n) is 6.97. The van der Waals surface area contributed by atoms with Crippen LogP contribution in [-0.2, 0) is 5.79 Å². The van der Waals surface area contributed by atoms with Gasteiger partial charge in [0.25, 0.3) is 0 Å². The number of nitrogens with one attached hydrogen (secondary N) is 1. The molecule has 1 atom stereocenters. The average Bonchev–Trinajstić information content (AvgIpc) is 2.51. The van der Waals surface area contributed by atoms with Crippen LogP contribution in [0.1, 0.15) is 18.9 Å². The van der Waals surface area contributed by atoms with Crippen molar-refractivity contribution in [3.05, 3.63) is 60.2 Å². The van der Waals surface area contributed by atoms with E-state index in [-0.39, 0.29) is 0 Å². The molecule has 0 aliphatic heterocycles. The lowest BCUT2D eigenvalue weighted by atomic mass is 10.0. The smallest absolute Gasteiger partial charge is 0.234 e. The molecule has 4 nitrogen and oxygen atoms in total. The molecule has 0 heterocycles. The van der Waals surface area contributed by atoms with E-state index in [1.165, 1.54) is 0 Å². The van der Waals surface area contributed by atoms with E-state index in [0.29, 0.717) is 17.9 Å². The molecule has 0 aliphatic carbocycles. The van der Waals surface area contributed by atoms with Crippen molar-refractivity contribution in [2.45, 2.75) is 19.1 Å². The second-order valence-electron chi connectivity index (χ2n) is 4.64. The van der Waals surface area contributed by atoms with Crippen LogP contribution in [0.2, 0.25) is 0 Å². The van der Waals surface area contributed by atoms with Crippen molar-refractivity contribution < 1.29 is 9.84 Å². The van der Waals surface area contributed by atoms with Crippen LogP contribution >= 0.6 is 0 Å². The molecule has 4 heteroatoms. The van der Waals surface area contributed by atoms with Gasteiger partial charge in [-0.2, -0.15) is 0 Å². The van der Waals surface area contributed by atoms with Gasteiger partial charge in [-0.05, 0) is 26.2 Å². The summed E-state index contributed by atoms with van der Waals surface area (Å²) in [6, 6.07) is 16.5. The summed E-state index contributed by atoms with van der Waals surface area (Å²) in [5.74, 6) is -0.859. The summed E-state index contributed by atoms with van der Waals surface area (Å²) in [6.07, 6.45) is 0.436. The summed E-state index contributed by atoms with van der Waals surface area (Å²) in [5, 5.41) is 13.3. The molecular formula is C17H24N2O2. The fourth-order valence-electron chi connectivity index (χ4n) is 1.79. The molecule has 0 aliphatic rings. The van der Waals surface area contributed by atoms with Gasteiger partial charge in [0.15, 0.2) is 0 Å². The highest BCUT2D eigenvalue weighted by molar-refractivity contribution is 5.52. The van der Waals surface area contributed by atoms with Crippen LogP contribution in [0.4, 0.5) is 5.69 Å². The molecule has 0 aromatic heterocycles. The van der Waals surface area contributed by atoms with E-state index >= 15 is 0 Å². The maximum Gasteiger partial charge on any atom is 0.234 e. The van der Waals surface area contributed by atoms with Gasteiger partial charge < -0.3 is 20.9 Å². The van der Waals surface area contributed by atoms with Gasteiger partial charge in [-0.15, -0.1) is 0 Å². The maximum absolute atomic E-state index is 10.6. The number of hydrogen-bond donors (Lipinski definition) is 3. The van der Waals surface area contributed by atoms with E-state index < -0.39 is 5.79 Å². The zero-order valence-corrected chi connectivity index (χ0v) is 12.8. The monoisotopic (exact) mass is 288 g/mol. The zero-order chi connectivity index (χ0) is 15.7. The van der Waals surface area contributed by atoms with E-state index in [1.807, 2.05) is 63.5 Å². The standard InChI is InChI=1S/C15H17NO2.C2H7N/c1-2-15(17,12-8-4-3-5-9-12)18-14-11-7-6-10-13(14)16;1-3-2/h3-11,17H,2,16H2,1H3;3H,1-2H3. The predicted octanol–water partition coefficient (Wildman–Crippen LogP) is 2.74. The highest BCUT2D eigenvalue weighted by Crippen LogP contribution is 2.31. The van der Waals surface area contributed by atoms with E-state index in [4.69, 9.17) is 10.5 Å². The minimum atomic E-state index is -1.35. The predicted molar refractivity (Wildman–Crippen MR) is 87.1 cm³/mol. The fourth-order valence-corrected chi connectivity index (χ4v) is 1.79.